The van der Waals surface area contributed by atoms with Gasteiger partial charge >= 0.3 is 0 Å². The maximum atomic E-state index is 5.88. The highest BCUT2D eigenvalue weighted by Crippen LogP contribution is 2.34. The van der Waals surface area contributed by atoms with Crippen LogP contribution >= 0.6 is 39.2 Å². The zero-order chi connectivity index (χ0) is 17.8. The summed E-state index contributed by atoms with van der Waals surface area (Å²) in [7, 11) is 0. The van der Waals surface area contributed by atoms with Crippen LogP contribution in [-0.4, -0.2) is 11.1 Å². The van der Waals surface area contributed by atoms with Gasteiger partial charge in [-0.05, 0) is 56.1 Å². The zero-order valence-corrected chi connectivity index (χ0v) is 17.0. The van der Waals surface area contributed by atoms with Crippen LogP contribution in [0.2, 0.25) is 0 Å². The van der Waals surface area contributed by atoms with Crippen molar-refractivity contribution >= 4 is 50.0 Å². The van der Waals surface area contributed by atoms with Crippen LogP contribution in [0.15, 0.2) is 57.2 Å². The molecule has 2 aromatic carbocycles. The number of nitrogens with two attached hydrogens (primary N) is 1. The Labute approximate surface area is 164 Å². The highest BCUT2D eigenvalue weighted by atomic mass is 79.9. The Morgan fingerprint density at radius 3 is 2.64 bits per heavy atom. The van der Waals surface area contributed by atoms with Crippen LogP contribution in [0.5, 0.6) is 5.75 Å². The number of hydrogen-bond acceptors (Lipinski definition) is 6. The largest absolute Gasteiger partial charge is 0.489 e. The van der Waals surface area contributed by atoms with E-state index >= 15 is 0 Å². The number of ether oxygens (including phenoxy) is 1. The number of rotatable bonds is 6. The first kappa shape index (κ1) is 18.3. The molecule has 0 aliphatic carbocycles. The summed E-state index contributed by atoms with van der Waals surface area (Å²) < 4.78 is 6.93. The third kappa shape index (κ3) is 4.76. The molecule has 3 aromatic rings. The number of anilines is 2. The molecule has 25 heavy (non-hydrogen) atoms. The Morgan fingerprint density at radius 2 is 1.96 bits per heavy atom. The molecule has 0 amide bonds. The van der Waals surface area contributed by atoms with Gasteiger partial charge in [-0.25, -0.2) is 4.98 Å². The molecular formula is C18H18BrN3OS2. The van der Waals surface area contributed by atoms with Crippen molar-refractivity contribution in [3.63, 3.8) is 0 Å². The molecule has 1 aromatic heterocycles. The van der Waals surface area contributed by atoms with Gasteiger partial charge in [0.05, 0.1) is 17.5 Å². The zero-order valence-electron chi connectivity index (χ0n) is 13.8. The minimum Gasteiger partial charge on any atom is -0.489 e. The van der Waals surface area contributed by atoms with E-state index < -0.39 is 0 Å². The van der Waals surface area contributed by atoms with Crippen molar-refractivity contribution in [2.75, 3.05) is 5.32 Å². The molecular weight excluding hydrogens is 418 g/mol. The van der Waals surface area contributed by atoms with E-state index in [2.05, 4.69) is 26.2 Å². The standard InChI is InChI=1S/C18H18BrN3OS2/c1-11(2)23-17-8-7-14(25-20)9-15(17)21-18-22-16(10-24-18)12-3-5-13(19)6-4-12/h3-11H,20H2,1-2H3,(H,21,22). The minimum absolute atomic E-state index is 0.0894. The molecule has 1 heterocycles. The number of benzene rings is 2. The summed E-state index contributed by atoms with van der Waals surface area (Å²) in [5, 5.41) is 11.9. The molecule has 130 valence electrons. The van der Waals surface area contributed by atoms with E-state index in [9.17, 15) is 0 Å². The topological polar surface area (TPSA) is 60.2 Å². The van der Waals surface area contributed by atoms with Gasteiger partial charge in [-0.2, -0.15) is 0 Å². The molecule has 0 aliphatic heterocycles. The van der Waals surface area contributed by atoms with Crippen LogP contribution in [0.3, 0.4) is 0 Å². The number of halogens is 1. The quantitative estimate of drug-likeness (QED) is 0.460. The van der Waals surface area contributed by atoms with Crippen molar-refractivity contribution in [3.8, 4) is 17.0 Å². The Kier molecular flexibility index (Phi) is 6.01. The normalized spacial score (nSPS) is 10.9. The summed E-state index contributed by atoms with van der Waals surface area (Å²) in [4.78, 5) is 5.64. The Bertz CT molecular complexity index is 850. The van der Waals surface area contributed by atoms with Gasteiger partial charge < -0.3 is 10.1 Å². The number of thiazole rings is 1. The van der Waals surface area contributed by atoms with E-state index in [0.29, 0.717) is 0 Å². The van der Waals surface area contributed by atoms with Gasteiger partial charge in [0.25, 0.3) is 0 Å². The first-order chi connectivity index (χ1) is 12.0. The molecule has 0 aliphatic rings. The van der Waals surface area contributed by atoms with Gasteiger partial charge in [0.1, 0.15) is 5.75 Å². The molecule has 0 bridgehead atoms. The molecule has 0 atom stereocenters. The van der Waals surface area contributed by atoms with E-state index in [1.54, 1.807) is 11.3 Å². The van der Waals surface area contributed by atoms with Crippen molar-refractivity contribution in [1.29, 1.82) is 0 Å². The summed E-state index contributed by atoms with van der Waals surface area (Å²) in [6.45, 7) is 4.01. The van der Waals surface area contributed by atoms with Gasteiger partial charge in [-0.3, -0.25) is 5.14 Å². The Hall–Kier alpha value is -1.54. The second-order valence-corrected chi connectivity index (χ2v) is 8.09. The first-order valence-corrected chi connectivity index (χ1v) is 10.3. The van der Waals surface area contributed by atoms with Gasteiger partial charge in [0.15, 0.2) is 5.13 Å². The second kappa shape index (κ2) is 8.23. The van der Waals surface area contributed by atoms with Gasteiger partial charge in [0, 0.05) is 20.3 Å². The summed E-state index contributed by atoms with van der Waals surface area (Å²) >= 11 is 6.22. The summed E-state index contributed by atoms with van der Waals surface area (Å²) in [6.07, 6.45) is 0.0894. The van der Waals surface area contributed by atoms with Crippen molar-refractivity contribution in [1.82, 2.24) is 4.98 Å². The first-order valence-electron chi connectivity index (χ1n) is 7.71. The SMILES string of the molecule is CC(C)Oc1ccc(SN)cc1Nc1nc(-c2ccc(Br)cc2)cs1. The predicted octanol–water partition coefficient (Wildman–Crippen LogP) is 6.07. The maximum Gasteiger partial charge on any atom is 0.187 e. The van der Waals surface area contributed by atoms with Crippen LogP contribution < -0.4 is 15.2 Å². The molecule has 0 saturated heterocycles. The molecule has 4 nitrogen and oxygen atoms in total. The summed E-state index contributed by atoms with van der Waals surface area (Å²) in [5.74, 6) is 0.785. The Balaban J connectivity index is 1.85. The number of nitrogens with one attached hydrogen (secondary N) is 1. The monoisotopic (exact) mass is 435 g/mol. The van der Waals surface area contributed by atoms with E-state index in [0.717, 1.165) is 37.2 Å². The fraction of sp³-hybridized carbons (Fsp3) is 0.167. The minimum atomic E-state index is 0.0894. The lowest BCUT2D eigenvalue weighted by atomic mass is 10.2. The van der Waals surface area contributed by atoms with Crippen LogP contribution in [0, 0.1) is 0 Å². The Morgan fingerprint density at radius 1 is 1.20 bits per heavy atom. The average molecular weight is 436 g/mol. The fourth-order valence-electron chi connectivity index (χ4n) is 2.24. The van der Waals surface area contributed by atoms with E-state index in [4.69, 9.17) is 9.88 Å². The molecule has 0 fully saturated rings. The average Bonchev–Trinajstić information content (AvgIpc) is 3.05. The molecule has 7 heteroatoms. The third-order valence-electron chi connectivity index (χ3n) is 3.34. The van der Waals surface area contributed by atoms with Gasteiger partial charge in [-0.1, -0.05) is 28.1 Å². The number of hydrogen-bond donors (Lipinski definition) is 2. The van der Waals surface area contributed by atoms with Crippen LogP contribution in [0.25, 0.3) is 11.3 Å². The second-order valence-electron chi connectivity index (χ2n) is 5.61. The highest BCUT2D eigenvalue weighted by Gasteiger charge is 2.11. The lowest BCUT2D eigenvalue weighted by Gasteiger charge is -2.15. The van der Waals surface area contributed by atoms with Crippen LogP contribution in [0.1, 0.15) is 13.8 Å². The number of aromatic nitrogens is 1. The van der Waals surface area contributed by atoms with Crippen molar-refractivity contribution in [3.05, 3.63) is 52.3 Å². The van der Waals surface area contributed by atoms with Gasteiger partial charge in [0.2, 0.25) is 0 Å². The summed E-state index contributed by atoms with van der Waals surface area (Å²) in [6, 6.07) is 14.0. The molecule has 0 spiro atoms. The van der Waals surface area contributed by atoms with Gasteiger partial charge in [-0.15, -0.1) is 11.3 Å². The van der Waals surface area contributed by atoms with Crippen LogP contribution in [0.4, 0.5) is 10.8 Å². The molecule has 0 radical (unpaired) electrons. The molecule has 3 rings (SSSR count). The van der Waals surface area contributed by atoms with Crippen LogP contribution in [-0.2, 0) is 0 Å². The third-order valence-corrected chi connectivity index (χ3v) is 5.15. The number of nitrogens with zero attached hydrogens (tertiary/aromatic N) is 1. The van der Waals surface area contributed by atoms with E-state index in [1.165, 1.54) is 11.9 Å². The van der Waals surface area contributed by atoms with Crippen molar-refractivity contribution in [2.45, 2.75) is 24.8 Å². The predicted molar refractivity (Wildman–Crippen MR) is 111 cm³/mol. The highest BCUT2D eigenvalue weighted by molar-refractivity contribution is 9.10. The smallest absolute Gasteiger partial charge is 0.187 e. The van der Waals surface area contributed by atoms with Crippen molar-refractivity contribution < 1.29 is 4.74 Å². The molecule has 3 N–H and O–H groups in total. The summed E-state index contributed by atoms with van der Waals surface area (Å²) in [5.41, 5.74) is 2.88. The lowest BCUT2D eigenvalue weighted by molar-refractivity contribution is 0.243. The maximum absolute atomic E-state index is 5.88. The molecule has 0 unspecified atom stereocenters. The van der Waals surface area contributed by atoms with E-state index in [1.807, 2.05) is 61.7 Å². The van der Waals surface area contributed by atoms with E-state index in [-0.39, 0.29) is 6.10 Å². The van der Waals surface area contributed by atoms with Crippen molar-refractivity contribution in [2.24, 2.45) is 5.14 Å². The molecule has 0 saturated carbocycles. The lowest BCUT2D eigenvalue weighted by Crippen LogP contribution is -2.07. The fourth-order valence-corrected chi connectivity index (χ4v) is 3.57.